The number of para-hydroxylation sites is 1. The summed E-state index contributed by atoms with van der Waals surface area (Å²) in [4.78, 5) is 0. The van der Waals surface area contributed by atoms with Crippen molar-refractivity contribution < 1.29 is 0 Å². The van der Waals surface area contributed by atoms with Gasteiger partial charge in [0.25, 0.3) is 0 Å². The monoisotopic (exact) mass is 525 g/mol. The highest BCUT2D eigenvalue weighted by atomic mass is 31.1. The van der Waals surface area contributed by atoms with Crippen LogP contribution in [0.1, 0.15) is 75.3 Å². The van der Waals surface area contributed by atoms with E-state index < -0.39 is 0 Å². The molecule has 3 aromatic rings. The maximum Gasteiger partial charge on any atom is 0.0819 e. The van der Waals surface area contributed by atoms with Crippen molar-refractivity contribution in [3.63, 3.8) is 0 Å². The van der Waals surface area contributed by atoms with Gasteiger partial charge in [0.1, 0.15) is 0 Å². The Balaban J connectivity index is 1.36. The van der Waals surface area contributed by atoms with Gasteiger partial charge in [-0.05, 0) is 60.3 Å². The molecular weight excluding hydrogens is 481 g/mol. The van der Waals surface area contributed by atoms with Gasteiger partial charge in [0.05, 0.1) is 17.9 Å². The second kappa shape index (κ2) is 14.6. The second-order valence-corrected chi connectivity index (χ2v) is 13.8. The molecule has 0 spiro atoms. The largest absolute Gasteiger partial charge is 0.307 e. The topological polar surface area (TPSA) is 27.6 Å². The molecule has 0 aliphatic heterocycles. The summed E-state index contributed by atoms with van der Waals surface area (Å²) < 4.78 is 0. The fourth-order valence-corrected chi connectivity index (χ4v) is 9.74. The Morgan fingerprint density at radius 2 is 1.21 bits per heavy atom. The Labute approximate surface area is 231 Å². The van der Waals surface area contributed by atoms with Crippen LogP contribution in [0, 0.1) is 0 Å². The zero-order valence-corrected chi connectivity index (χ0v) is 23.7. The standard InChI is InChI=1S/C34H44N3P/c1-6-16-29(17-7-1)27-37(31-20-10-3-11-21-31)36-34(30-18-8-2-9-19-30)26-35-28-38(32-22-12-4-13-23-32)33-24-14-5-15-25-33/h1-3,6-11,16-21,32-33,35H,4-5,12-15,22-28H2/b36-34+. The van der Waals surface area contributed by atoms with Gasteiger partial charge in [-0.1, -0.05) is 125 Å². The maximum atomic E-state index is 5.33. The molecule has 4 heteroatoms. The Kier molecular flexibility index (Phi) is 10.4. The zero-order chi connectivity index (χ0) is 25.8. The molecule has 0 saturated heterocycles. The summed E-state index contributed by atoms with van der Waals surface area (Å²) >= 11 is 0. The van der Waals surface area contributed by atoms with Crippen molar-refractivity contribution >= 4 is 19.3 Å². The molecule has 200 valence electrons. The molecule has 0 radical (unpaired) electrons. The minimum absolute atomic E-state index is 0.0198. The van der Waals surface area contributed by atoms with Crippen molar-refractivity contribution in [1.82, 2.24) is 5.32 Å². The van der Waals surface area contributed by atoms with Gasteiger partial charge in [-0.25, -0.2) is 0 Å². The summed E-state index contributed by atoms with van der Waals surface area (Å²) in [6, 6.07) is 32.0. The molecule has 2 aliphatic carbocycles. The van der Waals surface area contributed by atoms with Gasteiger partial charge in [0, 0.05) is 12.8 Å². The lowest BCUT2D eigenvalue weighted by atomic mass is 9.99. The third-order valence-electron chi connectivity index (χ3n) is 8.25. The van der Waals surface area contributed by atoms with Crippen LogP contribution < -0.4 is 10.3 Å². The van der Waals surface area contributed by atoms with Crippen molar-refractivity contribution in [2.45, 2.75) is 82.1 Å². The van der Waals surface area contributed by atoms with Crippen LogP contribution in [0.4, 0.5) is 5.69 Å². The molecule has 0 heterocycles. The predicted molar refractivity (Wildman–Crippen MR) is 166 cm³/mol. The van der Waals surface area contributed by atoms with Crippen molar-refractivity contribution in [3.8, 4) is 0 Å². The Morgan fingerprint density at radius 3 is 1.79 bits per heavy atom. The molecule has 38 heavy (non-hydrogen) atoms. The van der Waals surface area contributed by atoms with Gasteiger partial charge < -0.3 is 5.32 Å². The minimum Gasteiger partial charge on any atom is -0.307 e. The molecule has 5 rings (SSSR count). The summed E-state index contributed by atoms with van der Waals surface area (Å²) in [6.45, 7) is 1.55. The Hall–Kier alpha value is -2.48. The van der Waals surface area contributed by atoms with E-state index in [1.807, 2.05) is 0 Å². The van der Waals surface area contributed by atoms with E-state index in [-0.39, 0.29) is 7.92 Å². The normalized spacial score (nSPS) is 17.6. The van der Waals surface area contributed by atoms with Crippen molar-refractivity contribution in [1.29, 1.82) is 0 Å². The first-order valence-electron chi connectivity index (χ1n) is 14.8. The predicted octanol–water partition coefficient (Wildman–Crippen LogP) is 8.79. The number of anilines is 1. The van der Waals surface area contributed by atoms with Crippen LogP contribution in [0.25, 0.3) is 0 Å². The van der Waals surface area contributed by atoms with Crippen molar-refractivity contribution in [3.05, 3.63) is 102 Å². The summed E-state index contributed by atoms with van der Waals surface area (Å²) in [5.41, 5.74) is 6.63. The van der Waals surface area contributed by atoms with Crippen LogP contribution in [-0.2, 0) is 6.54 Å². The first-order valence-corrected chi connectivity index (χ1v) is 16.5. The number of rotatable bonds is 11. The van der Waals surface area contributed by atoms with E-state index in [0.29, 0.717) is 0 Å². The smallest absolute Gasteiger partial charge is 0.0819 e. The van der Waals surface area contributed by atoms with Gasteiger partial charge in [-0.2, -0.15) is 5.10 Å². The van der Waals surface area contributed by atoms with E-state index in [1.165, 1.54) is 81.6 Å². The molecule has 0 amide bonds. The molecule has 0 bridgehead atoms. The highest BCUT2D eigenvalue weighted by Crippen LogP contribution is 2.54. The zero-order valence-electron chi connectivity index (χ0n) is 22.8. The molecule has 0 atom stereocenters. The number of hydrogen-bond donors (Lipinski definition) is 1. The first kappa shape index (κ1) is 27.1. The SMILES string of the molecule is c1ccc(CN(/N=C(\CNCP(C2CCCCC2)C2CCCCC2)c2ccccc2)c2ccccc2)cc1. The fraction of sp³-hybridized carbons (Fsp3) is 0.441. The average molecular weight is 526 g/mol. The Bertz CT molecular complexity index is 1070. The van der Waals surface area contributed by atoms with E-state index >= 15 is 0 Å². The average Bonchev–Trinajstić information content (AvgIpc) is 3.00. The lowest BCUT2D eigenvalue weighted by molar-refractivity contribution is 0.483. The van der Waals surface area contributed by atoms with Gasteiger partial charge in [0.2, 0.25) is 0 Å². The van der Waals surface area contributed by atoms with E-state index in [9.17, 15) is 0 Å². The number of hydrazone groups is 1. The van der Waals surface area contributed by atoms with Crippen LogP contribution in [0.5, 0.6) is 0 Å². The van der Waals surface area contributed by atoms with E-state index in [0.717, 1.165) is 35.8 Å². The molecule has 2 fully saturated rings. The second-order valence-electron chi connectivity index (χ2n) is 11.0. The molecule has 2 saturated carbocycles. The quantitative estimate of drug-likeness (QED) is 0.154. The van der Waals surface area contributed by atoms with Crippen LogP contribution in [-0.4, -0.2) is 29.9 Å². The van der Waals surface area contributed by atoms with Crippen LogP contribution in [0.15, 0.2) is 96.1 Å². The molecular formula is C34H44N3P. The van der Waals surface area contributed by atoms with E-state index in [1.54, 1.807) is 0 Å². The summed E-state index contributed by atoms with van der Waals surface area (Å²) in [5, 5.41) is 11.5. The molecule has 0 aromatic heterocycles. The van der Waals surface area contributed by atoms with E-state index in [2.05, 4.69) is 101 Å². The van der Waals surface area contributed by atoms with Crippen molar-refractivity contribution in [2.24, 2.45) is 5.10 Å². The summed E-state index contributed by atoms with van der Waals surface area (Å²) in [5.74, 6) is 0. The fourth-order valence-electron chi connectivity index (χ4n) is 6.20. The summed E-state index contributed by atoms with van der Waals surface area (Å²) in [7, 11) is 0.0198. The lowest BCUT2D eigenvalue weighted by Crippen LogP contribution is -2.31. The van der Waals surface area contributed by atoms with Crippen molar-refractivity contribution in [2.75, 3.05) is 17.8 Å². The summed E-state index contributed by atoms with van der Waals surface area (Å²) in [6.07, 6.45) is 15.7. The van der Waals surface area contributed by atoms with Gasteiger partial charge in [-0.15, -0.1) is 0 Å². The highest BCUT2D eigenvalue weighted by Gasteiger charge is 2.30. The third kappa shape index (κ3) is 7.78. The number of nitrogens with zero attached hydrogens (tertiary/aromatic N) is 2. The number of benzene rings is 3. The van der Waals surface area contributed by atoms with Gasteiger partial charge in [-0.3, -0.25) is 5.01 Å². The highest BCUT2D eigenvalue weighted by molar-refractivity contribution is 7.59. The van der Waals surface area contributed by atoms with Gasteiger partial charge in [0.15, 0.2) is 0 Å². The molecule has 0 unspecified atom stereocenters. The molecule has 2 aliphatic rings. The van der Waals surface area contributed by atoms with E-state index in [4.69, 9.17) is 5.10 Å². The molecule has 3 aromatic carbocycles. The Morgan fingerprint density at radius 1 is 0.684 bits per heavy atom. The maximum absolute atomic E-state index is 5.33. The molecule has 1 N–H and O–H groups in total. The number of hydrogen-bond acceptors (Lipinski definition) is 3. The first-order chi connectivity index (χ1) is 18.9. The minimum atomic E-state index is 0.0198. The van der Waals surface area contributed by atoms with Crippen LogP contribution in [0.2, 0.25) is 0 Å². The lowest BCUT2D eigenvalue weighted by Gasteiger charge is -2.38. The molecule has 3 nitrogen and oxygen atoms in total. The third-order valence-corrected chi connectivity index (χ3v) is 11.7. The van der Waals surface area contributed by atoms with Crippen LogP contribution in [0.3, 0.4) is 0 Å². The van der Waals surface area contributed by atoms with Crippen LogP contribution >= 0.6 is 7.92 Å². The van der Waals surface area contributed by atoms with Gasteiger partial charge >= 0.3 is 0 Å². The number of nitrogens with one attached hydrogen (secondary N) is 1.